The molecule has 0 fully saturated rings. The average molecular weight is 288 g/mol. The predicted octanol–water partition coefficient (Wildman–Crippen LogP) is 4.33. The van der Waals surface area contributed by atoms with Gasteiger partial charge < -0.3 is 5.32 Å². The molecule has 1 aromatic carbocycles. The molecule has 0 atom stereocenters. The summed E-state index contributed by atoms with van der Waals surface area (Å²) in [5, 5.41) is 3.41. The van der Waals surface area contributed by atoms with Crippen LogP contribution in [-0.4, -0.2) is 17.0 Å². The van der Waals surface area contributed by atoms with E-state index < -0.39 is 0 Å². The molecule has 1 aliphatic heterocycles. The van der Waals surface area contributed by atoms with E-state index in [0.717, 1.165) is 26.2 Å². The molecule has 0 saturated heterocycles. The number of hydrogen-bond donors (Lipinski definition) is 1. The van der Waals surface area contributed by atoms with Gasteiger partial charge in [-0.1, -0.05) is 45.9 Å². The Morgan fingerprint density at radius 3 is 2.33 bits per heavy atom. The summed E-state index contributed by atoms with van der Waals surface area (Å²) < 4.78 is 0. The molecule has 1 heterocycles. The predicted molar refractivity (Wildman–Crippen MR) is 91.2 cm³/mol. The van der Waals surface area contributed by atoms with Gasteiger partial charge in [0.15, 0.2) is 0 Å². The van der Waals surface area contributed by atoms with Gasteiger partial charge in [-0.2, -0.15) is 0 Å². The zero-order chi connectivity index (χ0) is 15.7. The molecule has 0 aromatic heterocycles. The first-order valence-corrected chi connectivity index (χ1v) is 8.28. The topological polar surface area (TPSA) is 15.3 Å². The van der Waals surface area contributed by atoms with Crippen LogP contribution in [0.5, 0.6) is 0 Å². The van der Waals surface area contributed by atoms with E-state index >= 15 is 0 Å². The third kappa shape index (κ3) is 4.31. The maximum atomic E-state index is 3.41. The van der Waals surface area contributed by atoms with Crippen LogP contribution in [0.3, 0.4) is 0 Å². The van der Waals surface area contributed by atoms with Crippen molar-refractivity contribution >= 4 is 0 Å². The second kappa shape index (κ2) is 6.10. The van der Waals surface area contributed by atoms with Crippen molar-refractivity contribution in [3.8, 4) is 0 Å². The van der Waals surface area contributed by atoms with Gasteiger partial charge in [0.05, 0.1) is 0 Å². The lowest BCUT2D eigenvalue weighted by Crippen LogP contribution is -2.43. The Labute approximate surface area is 130 Å². The van der Waals surface area contributed by atoms with Crippen LogP contribution in [0, 0.1) is 5.41 Å². The van der Waals surface area contributed by atoms with E-state index in [9.17, 15) is 0 Å². The van der Waals surface area contributed by atoms with Crippen LogP contribution >= 0.6 is 0 Å². The molecule has 1 aromatic rings. The van der Waals surface area contributed by atoms with Crippen molar-refractivity contribution in [2.24, 2.45) is 5.41 Å². The molecule has 1 N–H and O–H groups in total. The lowest BCUT2D eigenvalue weighted by molar-refractivity contribution is 0.0745. The number of fused-ring (bicyclic) bond motifs is 1. The molecule has 2 rings (SSSR count). The van der Waals surface area contributed by atoms with Crippen molar-refractivity contribution in [3.63, 3.8) is 0 Å². The van der Waals surface area contributed by atoms with Gasteiger partial charge in [0.2, 0.25) is 0 Å². The summed E-state index contributed by atoms with van der Waals surface area (Å²) in [5.41, 5.74) is 5.06. The minimum absolute atomic E-state index is 0.249. The van der Waals surface area contributed by atoms with Crippen LogP contribution in [0.4, 0.5) is 0 Å². The molecule has 118 valence electrons. The number of nitrogens with zero attached hydrogens (tertiary/aromatic N) is 1. The van der Waals surface area contributed by atoms with Crippen molar-refractivity contribution in [2.75, 3.05) is 6.54 Å². The Kier molecular flexibility index (Phi) is 4.79. The van der Waals surface area contributed by atoms with Gasteiger partial charge in [-0.05, 0) is 48.9 Å². The van der Waals surface area contributed by atoms with Crippen LogP contribution in [-0.2, 0) is 19.6 Å². The fraction of sp³-hybridized carbons (Fsp3) is 0.684. The highest BCUT2D eigenvalue weighted by Crippen LogP contribution is 2.36. The standard InChI is InChI=1S/C19H32N2/c1-7-20-11-15-8-9-16-12-21(13-17(16)10-15)19(5,6)14-18(2,3)4/h8-10,20H,7,11-14H2,1-6H3. The Morgan fingerprint density at radius 2 is 1.71 bits per heavy atom. The summed E-state index contributed by atoms with van der Waals surface area (Å²) in [5.74, 6) is 0. The van der Waals surface area contributed by atoms with Gasteiger partial charge in [0, 0.05) is 25.2 Å². The van der Waals surface area contributed by atoms with Crippen molar-refractivity contribution in [2.45, 2.75) is 73.1 Å². The first-order chi connectivity index (χ1) is 9.71. The van der Waals surface area contributed by atoms with Crippen LogP contribution < -0.4 is 5.32 Å². The van der Waals surface area contributed by atoms with E-state index in [4.69, 9.17) is 0 Å². The Bertz CT molecular complexity index is 483. The second-order valence-electron chi connectivity index (χ2n) is 8.29. The van der Waals surface area contributed by atoms with E-state index in [2.05, 4.69) is 70.0 Å². The van der Waals surface area contributed by atoms with Crippen LogP contribution in [0.1, 0.15) is 64.7 Å². The molecular formula is C19H32N2. The number of nitrogens with one attached hydrogen (secondary N) is 1. The highest BCUT2D eigenvalue weighted by Gasteiger charge is 2.34. The average Bonchev–Trinajstić information content (AvgIpc) is 2.77. The summed E-state index contributed by atoms with van der Waals surface area (Å²) in [4.78, 5) is 2.64. The lowest BCUT2D eigenvalue weighted by atomic mass is 9.81. The fourth-order valence-electron chi connectivity index (χ4n) is 3.66. The van der Waals surface area contributed by atoms with E-state index in [1.807, 2.05) is 0 Å². The monoisotopic (exact) mass is 288 g/mol. The molecule has 2 nitrogen and oxygen atoms in total. The summed E-state index contributed by atoms with van der Waals surface area (Å²) >= 11 is 0. The first-order valence-electron chi connectivity index (χ1n) is 8.28. The van der Waals surface area contributed by atoms with Crippen molar-refractivity contribution in [1.82, 2.24) is 10.2 Å². The SMILES string of the molecule is CCNCc1ccc2c(c1)CN(C(C)(C)CC(C)(C)C)C2. The zero-order valence-electron chi connectivity index (χ0n) is 14.7. The minimum atomic E-state index is 0.249. The summed E-state index contributed by atoms with van der Waals surface area (Å²) in [6, 6.07) is 7.00. The van der Waals surface area contributed by atoms with Crippen molar-refractivity contribution < 1.29 is 0 Å². The van der Waals surface area contributed by atoms with Gasteiger partial charge in [-0.3, -0.25) is 4.90 Å². The molecule has 2 heteroatoms. The summed E-state index contributed by atoms with van der Waals surface area (Å²) in [7, 11) is 0. The number of hydrogen-bond acceptors (Lipinski definition) is 2. The zero-order valence-corrected chi connectivity index (χ0v) is 14.7. The van der Waals surface area contributed by atoms with Gasteiger partial charge in [0.1, 0.15) is 0 Å². The summed E-state index contributed by atoms with van der Waals surface area (Å²) in [6.07, 6.45) is 1.22. The lowest BCUT2D eigenvalue weighted by Gasteiger charge is -2.40. The van der Waals surface area contributed by atoms with Crippen molar-refractivity contribution in [1.29, 1.82) is 0 Å². The molecule has 0 amide bonds. The Hall–Kier alpha value is -0.860. The van der Waals surface area contributed by atoms with E-state index in [1.165, 1.54) is 23.1 Å². The van der Waals surface area contributed by atoms with E-state index in [0.29, 0.717) is 5.41 Å². The molecule has 0 spiro atoms. The van der Waals surface area contributed by atoms with Crippen molar-refractivity contribution in [3.05, 3.63) is 34.9 Å². The highest BCUT2D eigenvalue weighted by molar-refractivity contribution is 5.35. The molecule has 0 unspecified atom stereocenters. The largest absolute Gasteiger partial charge is 0.313 e. The molecule has 1 aliphatic rings. The molecule has 0 bridgehead atoms. The van der Waals surface area contributed by atoms with Gasteiger partial charge in [-0.15, -0.1) is 0 Å². The molecule has 0 saturated carbocycles. The normalized spacial score (nSPS) is 16.3. The molecular weight excluding hydrogens is 256 g/mol. The minimum Gasteiger partial charge on any atom is -0.313 e. The summed E-state index contributed by atoms with van der Waals surface area (Å²) in [6.45, 7) is 18.2. The quantitative estimate of drug-likeness (QED) is 0.867. The highest BCUT2D eigenvalue weighted by atomic mass is 15.2. The number of benzene rings is 1. The molecule has 0 aliphatic carbocycles. The number of rotatable bonds is 5. The van der Waals surface area contributed by atoms with Crippen LogP contribution in [0.15, 0.2) is 18.2 Å². The Balaban J connectivity index is 2.08. The third-order valence-corrected chi connectivity index (χ3v) is 4.39. The first kappa shape index (κ1) is 16.5. The van der Waals surface area contributed by atoms with Crippen LogP contribution in [0.2, 0.25) is 0 Å². The molecule has 0 radical (unpaired) electrons. The third-order valence-electron chi connectivity index (χ3n) is 4.39. The molecule has 21 heavy (non-hydrogen) atoms. The van der Waals surface area contributed by atoms with Gasteiger partial charge >= 0.3 is 0 Å². The smallest absolute Gasteiger partial charge is 0.0245 e. The van der Waals surface area contributed by atoms with Gasteiger partial charge in [0.25, 0.3) is 0 Å². The second-order valence-corrected chi connectivity index (χ2v) is 8.29. The Morgan fingerprint density at radius 1 is 1.05 bits per heavy atom. The maximum Gasteiger partial charge on any atom is 0.0245 e. The fourth-order valence-corrected chi connectivity index (χ4v) is 3.66. The van der Waals surface area contributed by atoms with E-state index in [-0.39, 0.29) is 5.54 Å². The van der Waals surface area contributed by atoms with E-state index in [1.54, 1.807) is 0 Å². The van der Waals surface area contributed by atoms with Gasteiger partial charge in [-0.25, -0.2) is 0 Å². The maximum absolute atomic E-state index is 3.41. The van der Waals surface area contributed by atoms with Crippen LogP contribution in [0.25, 0.3) is 0 Å².